The van der Waals surface area contributed by atoms with Gasteiger partial charge in [-0.05, 0) is 29.8 Å². The molecule has 1 unspecified atom stereocenters. The van der Waals surface area contributed by atoms with Crippen molar-refractivity contribution in [2.24, 2.45) is 0 Å². The number of pyridine rings is 1. The lowest BCUT2D eigenvalue weighted by atomic mass is 10.0. The van der Waals surface area contributed by atoms with E-state index in [-0.39, 0.29) is 28.7 Å². The summed E-state index contributed by atoms with van der Waals surface area (Å²) in [5.41, 5.74) is -1.59. The molecule has 0 fully saturated rings. The molecule has 4 rings (SSSR count). The first-order chi connectivity index (χ1) is 13.3. The van der Waals surface area contributed by atoms with E-state index in [2.05, 4.69) is 9.97 Å². The number of hydrogen-bond acceptors (Lipinski definition) is 5. The van der Waals surface area contributed by atoms with Crippen LogP contribution in [0, 0.1) is 0 Å². The smallest absolute Gasteiger partial charge is 0.416 e. The van der Waals surface area contributed by atoms with Gasteiger partial charge in [0.2, 0.25) is 5.88 Å². The van der Waals surface area contributed by atoms with Gasteiger partial charge < -0.3 is 9.84 Å². The molecule has 1 N–H and O–H groups in total. The highest BCUT2D eigenvalue weighted by Gasteiger charge is 2.33. The first-order valence-electron chi connectivity index (χ1n) is 8.01. The van der Waals surface area contributed by atoms with Crippen LogP contribution in [0.3, 0.4) is 0 Å². The number of ether oxygens (including phenoxy) is 1. The van der Waals surface area contributed by atoms with Gasteiger partial charge in [0, 0.05) is 11.8 Å². The molecule has 1 aliphatic rings. The van der Waals surface area contributed by atoms with Crippen molar-refractivity contribution in [2.75, 3.05) is 0 Å². The van der Waals surface area contributed by atoms with E-state index in [1.807, 2.05) is 0 Å². The normalized spacial score (nSPS) is 16.2. The Labute approximate surface area is 160 Å². The topological polar surface area (TPSA) is 77.2 Å². The molecule has 1 atom stereocenters. The zero-order chi connectivity index (χ0) is 20.1. The monoisotopic (exact) mass is 409 g/mol. The van der Waals surface area contributed by atoms with E-state index >= 15 is 0 Å². The van der Waals surface area contributed by atoms with Gasteiger partial charge in [-0.15, -0.1) is 0 Å². The Balaban J connectivity index is 1.87. The second kappa shape index (κ2) is 6.61. The molecule has 1 aromatic carbocycles. The molecule has 2 aromatic heterocycles. The summed E-state index contributed by atoms with van der Waals surface area (Å²) in [7, 11) is 0. The van der Waals surface area contributed by atoms with E-state index in [1.54, 1.807) is 6.07 Å². The summed E-state index contributed by atoms with van der Waals surface area (Å²) in [4.78, 5) is 20.9. The summed E-state index contributed by atoms with van der Waals surface area (Å²) in [6.45, 7) is -0.0566. The van der Waals surface area contributed by atoms with Crippen molar-refractivity contribution in [3.05, 3.63) is 75.1 Å². The average molecular weight is 410 g/mol. The maximum absolute atomic E-state index is 13.0. The van der Waals surface area contributed by atoms with Crippen molar-refractivity contribution in [1.82, 2.24) is 14.5 Å². The van der Waals surface area contributed by atoms with Crippen LogP contribution in [0.25, 0.3) is 11.1 Å². The molecule has 28 heavy (non-hydrogen) atoms. The lowest BCUT2D eigenvalue weighted by Crippen LogP contribution is -2.26. The van der Waals surface area contributed by atoms with E-state index in [4.69, 9.17) is 16.3 Å². The van der Waals surface area contributed by atoms with Gasteiger partial charge in [-0.1, -0.05) is 23.7 Å². The van der Waals surface area contributed by atoms with E-state index < -0.39 is 29.4 Å². The third kappa shape index (κ3) is 3.12. The maximum Gasteiger partial charge on any atom is 0.416 e. The van der Waals surface area contributed by atoms with Crippen LogP contribution in [0.15, 0.2) is 47.4 Å². The third-order valence-electron chi connectivity index (χ3n) is 4.29. The standard InChI is InChI=1S/C18H11ClF3N3O3/c19-12-5-4-10(7-23-12)17-25-13(8-28-17)24-15(26)14(16(25)27)9-2-1-3-11(6-9)18(20,21)22/h1-7,17,26H,8H2. The van der Waals surface area contributed by atoms with Crippen LogP contribution in [-0.2, 0) is 17.5 Å². The van der Waals surface area contributed by atoms with Crippen LogP contribution in [0.1, 0.15) is 23.2 Å². The Kier molecular flexibility index (Phi) is 4.35. The van der Waals surface area contributed by atoms with Crippen LogP contribution in [0.2, 0.25) is 5.15 Å². The second-order valence-corrected chi connectivity index (χ2v) is 6.45. The number of aromatic hydroxyl groups is 1. The summed E-state index contributed by atoms with van der Waals surface area (Å²) < 4.78 is 45.8. The van der Waals surface area contributed by atoms with E-state index in [1.165, 1.54) is 22.9 Å². The van der Waals surface area contributed by atoms with Crippen molar-refractivity contribution in [2.45, 2.75) is 19.0 Å². The summed E-state index contributed by atoms with van der Waals surface area (Å²) in [5, 5.41) is 10.5. The molecule has 0 spiro atoms. The van der Waals surface area contributed by atoms with Gasteiger partial charge >= 0.3 is 6.18 Å². The van der Waals surface area contributed by atoms with Crippen LogP contribution >= 0.6 is 11.6 Å². The number of benzene rings is 1. The zero-order valence-electron chi connectivity index (χ0n) is 13.9. The van der Waals surface area contributed by atoms with E-state index in [9.17, 15) is 23.1 Å². The number of rotatable bonds is 2. The summed E-state index contributed by atoms with van der Waals surface area (Å²) in [5.74, 6) is -0.507. The zero-order valence-corrected chi connectivity index (χ0v) is 14.7. The van der Waals surface area contributed by atoms with Crippen LogP contribution in [-0.4, -0.2) is 19.6 Å². The number of fused-ring (bicyclic) bond motifs is 1. The molecule has 0 aliphatic carbocycles. The Bertz CT molecular complexity index is 1110. The SMILES string of the molecule is O=c1c(-c2cccc(C(F)(F)F)c2)c(O)nc2n1C(c1ccc(Cl)nc1)OC2. The van der Waals surface area contributed by atoms with Crippen molar-refractivity contribution in [1.29, 1.82) is 0 Å². The fourth-order valence-electron chi connectivity index (χ4n) is 3.02. The van der Waals surface area contributed by atoms with Gasteiger partial charge in [0.25, 0.3) is 5.56 Å². The van der Waals surface area contributed by atoms with Gasteiger partial charge in [-0.2, -0.15) is 18.2 Å². The number of hydrogen-bond donors (Lipinski definition) is 1. The second-order valence-electron chi connectivity index (χ2n) is 6.06. The lowest BCUT2D eigenvalue weighted by Gasteiger charge is -2.15. The highest BCUT2D eigenvalue weighted by atomic mass is 35.5. The Hall–Kier alpha value is -2.91. The number of halogens is 4. The van der Waals surface area contributed by atoms with Crippen LogP contribution < -0.4 is 5.56 Å². The minimum absolute atomic E-state index is 0.0566. The van der Waals surface area contributed by atoms with Crippen LogP contribution in [0.5, 0.6) is 5.88 Å². The van der Waals surface area contributed by atoms with Gasteiger partial charge in [0.15, 0.2) is 6.23 Å². The molecule has 6 nitrogen and oxygen atoms in total. The van der Waals surface area contributed by atoms with Crippen molar-refractivity contribution in [3.63, 3.8) is 0 Å². The first kappa shape index (κ1) is 18.5. The molecule has 0 saturated carbocycles. The highest BCUT2D eigenvalue weighted by Crippen LogP contribution is 2.35. The Morgan fingerprint density at radius 1 is 1.25 bits per heavy atom. The predicted octanol–water partition coefficient (Wildman–Crippen LogP) is 3.76. The maximum atomic E-state index is 13.0. The average Bonchev–Trinajstić information content (AvgIpc) is 3.06. The number of aromatic nitrogens is 3. The molecule has 1 aliphatic heterocycles. The van der Waals surface area contributed by atoms with Crippen molar-refractivity contribution >= 4 is 11.6 Å². The first-order valence-corrected chi connectivity index (χ1v) is 8.38. The summed E-state index contributed by atoms with van der Waals surface area (Å²) >= 11 is 5.77. The van der Waals surface area contributed by atoms with E-state index in [0.29, 0.717) is 5.56 Å². The highest BCUT2D eigenvalue weighted by molar-refractivity contribution is 6.29. The molecule has 3 aromatic rings. The van der Waals surface area contributed by atoms with Gasteiger partial charge in [-0.3, -0.25) is 9.36 Å². The molecular weight excluding hydrogens is 399 g/mol. The predicted molar refractivity (Wildman–Crippen MR) is 92.8 cm³/mol. The Morgan fingerprint density at radius 3 is 2.71 bits per heavy atom. The summed E-state index contributed by atoms with van der Waals surface area (Å²) in [6.07, 6.45) is -4.05. The number of nitrogens with zero attached hydrogens (tertiary/aromatic N) is 3. The third-order valence-corrected chi connectivity index (χ3v) is 4.51. The molecule has 0 bridgehead atoms. The molecule has 10 heteroatoms. The molecule has 144 valence electrons. The summed E-state index contributed by atoms with van der Waals surface area (Å²) in [6, 6.07) is 7.26. The Morgan fingerprint density at radius 2 is 2.04 bits per heavy atom. The molecule has 0 radical (unpaired) electrons. The minimum Gasteiger partial charge on any atom is -0.493 e. The van der Waals surface area contributed by atoms with Gasteiger partial charge in [0.05, 0.1) is 5.56 Å². The quantitative estimate of drug-likeness (QED) is 0.652. The molecule has 0 amide bonds. The fraction of sp³-hybridized carbons (Fsp3) is 0.167. The largest absolute Gasteiger partial charge is 0.493 e. The van der Waals surface area contributed by atoms with Crippen LogP contribution in [0.4, 0.5) is 13.2 Å². The van der Waals surface area contributed by atoms with Gasteiger partial charge in [-0.25, -0.2) is 4.98 Å². The van der Waals surface area contributed by atoms with E-state index in [0.717, 1.165) is 18.2 Å². The van der Waals surface area contributed by atoms with Gasteiger partial charge in [0.1, 0.15) is 23.1 Å². The minimum atomic E-state index is -4.59. The number of alkyl halides is 3. The van der Waals surface area contributed by atoms with Crippen molar-refractivity contribution < 1.29 is 23.0 Å². The fourth-order valence-corrected chi connectivity index (χ4v) is 3.13. The molecule has 0 saturated heterocycles. The lowest BCUT2D eigenvalue weighted by molar-refractivity contribution is -0.137. The molecule has 3 heterocycles. The van der Waals surface area contributed by atoms with Crippen molar-refractivity contribution in [3.8, 4) is 17.0 Å². The molecular formula is C18H11ClF3N3O3.